The zero-order valence-electron chi connectivity index (χ0n) is 15.9. The molecule has 0 unspecified atom stereocenters. The average molecular weight is 471 g/mol. The molecule has 0 spiro atoms. The molecule has 0 saturated heterocycles. The molecule has 29 heavy (non-hydrogen) atoms. The number of carbonyl (C=O) groups is 1. The predicted octanol–water partition coefficient (Wildman–Crippen LogP) is 4.09. The van der Waals surface area contributed by atoms with E-state index in [1.54, 1.807) is 41.7 Å². The molecule has 0 aromatic heterocycles. The molecular weight excluding hydrogens is 448 g/mol. The number of hydrogen-bond donors (Lipinski definition) is 2. The largest absolute Gasteiger partial charge is 0.348 e. The number of amides is 1. The van der Waals surface area contributed by atoms with Crippen molar-refractivity contribution in [2.45, 2.75) is 34.7 Å². The standard InChI is InChI=1S/C20H23ClN2O3S3/c1-27-11-9-18(23-29(25,26)15-5-3-2-4-6-15)20(24)22-17-10-12-28-19-8-7-14(21)13-16(17)19/h2-8,13,17-18,23H,9-12H2,1H3,(H,22,24)/t17-,18+/m0/s1. The van der Waals surface area contributed by atoms with Crippen molar-refractivity contribution in [3.8, 4) is 0 Å². The minimum atomic E-state index is -3.79. The fourth-order valence-corrected chi connectivity index (χ4v) is 6.13. The summed E-state index contributed by atoms with van der Waals surface area (Å²) >= 11 is 9.45. The molecule has 3 rings (SSSR count). The molecule has 2 atom stereocenters. The fourth-order valence-electron chi connectivity index (χ4n) is 3.12. The molecule has 1 heterocycles. The number of hydrogen-bond acceptors (Lipinski definition) is 5. The maximum Gasteiger partial charge on any atom is 0.241 e. The number of carbonyl (C=O) groups excluding carboxylic acids is 1. The van der Waals surface area contributed by atoms with E-state index in [1.165, 1.54) is 12.1 Å². The molecule has 2 aromatic carbocycles. The summed E-state index contributed by atoms with van der Waals surface area (Å²) in [7, 11) is -3.79. The summed E-state index contributed by atoms with van der Waals surface area (Å²) in [5.74, 6) is 1.23. The van der Waals surface area contributed by atoms with Crippen LogP contribution in [0.25, 0.3) is 0 Å². The van der Waals surface area contributed by atoms with E-state index in [1.807, 2.05) is 24.5 Å². The van der Waals surface area contributed by atoms with Gasteiger partial charge in [0.25, 0.3) is 0 Å². The quantitative estimate of drug-likeness (QED) is 0.607. The Balaban J connectivity index is 1.78. The molecule has 1 aliphatic heterocycles. The van der Waals surface area contributed by atoms with Crippen molar-refractivity contribution >= 4 is 51.1 Å². The Labute approximate surface area is 185 Å². The van der Waals surface area contributed by atoms with Gasteiger partial charge in [0.1, 0.15) is 6.04 Å². The molecule has 2 aromatic rings. The van der Waals surface area contributed by atoms with Crippen LogP contribution in [0, 0.1) is 0 Å². The molecule has 0 saturated carbocycles. The number of thioether (sulfide) groups is 2. The molecule has 9 heteroatoms. The van der Waals surface area contributed by atoms with Gasteiger partial charge in [0.05, 0.1) is 10.9 Å². The first-order valence-corrected chi connectivity index (χ1v) is 13.4. The highest BCUT2D eigenvalue weighted by Crippen LogP contribution is 2.37. The van der Waals surface area contributed by atoms with E-state index in [2.05, 4.69) is 10.0 Å². The summed E-state index contributed by atoms with van der Waals surface area (Å²) < 4.78 is 28.0. The molecule has 0 bridgehead atoms. The van der Waals surface area contributed by atoms with Crippen LogP contribution in [0.15, 0.2) is 58.3 Å². The Morgan fingerprint density at radius 1 is 1.28 bits per heavy atom. The lowest BCUT2D eigenvalue weighted by atomic mass is 10.0. The third kappa shape index (κ3) is 5.92. The molecule has 5 nitrogen and oxygen atoms in total. The summed E-state index contributed by atoms with van der Waals surface area (Å²) in [5.41, 5.74) is 0.983. The van der Waals surface area contributed by atoms with Gasteiger partial charge >= 0.3 is 0 Å². The first kappa shape index (κ1) is 22.5. The second-order valence-corrected chi connectivity index (χ2v) is 10.9. The normalized spacial score (nSPS) is 17.4. The molecule has 1 amide bonds. The average Bonchev–Trinajstić information content (AvgIpc) is 2.72. The van der Waals surface area contributed by atoms with Gasteiger partial charge in [-0.1, -0.05) is 29.8 Å². The molecule has 156 valence electrons. The van der Waals surface area contributed by atoms with Crippen LogP contribution in [0.4, 0.5) is 0 Å². The van der Waals surface area contributed by atoms with Crippen LogP contribution in [0.1, 0.15) is 24.4 Å². The van der Waals surface area contributed by atoms with E-state index in [0.717, 1.165) is 22.6 Å². The van der Waals surface area contributed by atoms with Crippen LogP contribution in [-0.4, -0.2) is 38.1 Å². The number of nitrogens with one attached hydrogen (secondary N) is 2. The number of benzene rings is 2. The first-order chi connectivity index (χ1) is 13.9. The Bertz CT molecular complexity index is 955. The van der Waals surface area contributed by atoms with Crippen molar-refractivity contribution in [2.75, 3.05) is 17.8 Å². The molecule has 0 radical (unpaired) electrons. The Morgan fingerprint density at radius 3 is 2.76 bits per heavy atom. The van der Waals surface area contributed by atoms with Gasteiger partial charge < -0.3 is 5.32 Å². The van der Waals surface area contributed by atoms with Crippen LogP contribution < -0.4 is 10.0 Å². The van der Waals surface area contributed by atoms with Crippen molar-refractivity contribution in [3.63, 3.8) is 0 Å². The topological polar surface area (TPSA) is 75.3 Å². The third-order valence-corrected chi connectivity index (χ3v) is 8.10. The van der Waals surface area contributed by atoms with Crippen molar-refractivity contribution in [1.29, 1.82) is 0 Å². The highest BCUT2D eigenvalue weighted by atomic mass is 35.5. The highest BCUT2D eigenvalue weighted by Gasteiger charge is 2.29. The van der Waals surface area contributed by atoms with Crippen molar-refractivity contribution in [2.24, 2.45) is 0 Å². The summed E-state index contributed by atoms with van der Waals surface area (Å²) in [6.45, 7) is 0. The van der Waals surface area contributed by atoms with Gasteiger partial charge in [-0.05, 0) is 60.7 Å². The number of fused-ring (bicyclic) bond motifs is 1. The van der Waals surface area contributed by atoms with Crippen molar-refractivity contribution < 1.29 is 13.2 Å². The van der Waals surface area contributed by atoms with Gasteiger partial charge in [-0.15, -0.1) is 11.8 Å². The first-order valence-electron chi connectivity index (χ1n) is 9.19. The second-order valence-electron chi connectivity index (χ2n) is 6.65. The van der Waals surface area contributed by atoms with E-state index >= 15 is 0 Å². The zero-order chi connectivity index (χ0) is 20.9. The van der Waals surface area contributed by atoms with Gasteiger partial charge in [0.15, 0.2) is 0 Å². The maximum absolute atomic E-state index is 13.0. The smallest absolute Gasteiger partial charge is 0.241 e. The molecule has 0 aliphatic carbocycles. The van der Waals surface area contributed by atoms with E-state index < -0.39 is 16.1 Å². The minimum absolute atomic E-state index is 0.146. The van der Waals surface area contributed by atoms with Gasteiger partial charge in [-0.3, -0.25) is 4.79 Å². The Morgan fingerprint density at radius 2 is 2.03 bits per heavy atom. The zero-order valence-corrected chi connectivity index (χ0v) is 19.1. The summed E-state index contributed by atoms with van der Waals surface area (Å²) in [5, 5.41) is 3.66. The monoisotopic (exact) mass is 470 g/mol. The molecular formula is C20H23ClN2O3S3. The van der Waals surface area contributed by atoms with Crippen LogP contribution in [0.3, 0.4) is 0 Å². The summed E-state index contributed by atoms with van der Waals surface area (Å²) in [4.78, 5) is 14.3. The SMILES string of the molecule is CSCC[C@@H](NS(=O)(=O)c1ccccc1)C(=O)N[C@H]1CCSc2ccc(Cl)cc21. The van der Waals surface area contributed by atoms with E-state index in [0.29, 0.717) is 17.2 Å². The Kier molecular flexibility index (Phi) is 7.92. The van der Waals surface area contributed by atoms with Crippen LogP contribution >= 0.6 is 35.1 Å². The summed E-state index contributed by atoms with van der Waals surface area (Å²) in [6, 6.07) is 12.7. The number of sulfonamides is 1. The van der Waals surface area contributed by atoms with E-state index in [-0.39, 0.29) is 16.8 Å². The Hall–Kier alpha value is -1.19. The van der Waals surface area contributed by atoms with E-state index in [9.17, 15) is 13.2 Å². The van der Waals surface area contributed by atoms with Gasteiger partial charge in [-0.25, -0.2) is 8.42 Å². The lowest BCUT2D eigenvalue weighted by molar-refractivity contribution is -0.123. The van der Waals surface area contributed by atoms with E-state index in [4.69, 9.17) is 11.6 Å². The van der Waals surface area contributed by atoms with Gasteiger partial charge in [0.2, 0.25) is 15.9 Å². The van der Waals surface area contributed by atoms with Crippen LogP contribution in [-0.2, 0) is 14.8 Å². The lowest BCUT2D eigenvalue weighted by Crippen LogP contribution is -2.48. The number of rotatable bonds is 8. The number of halogens is 1. The van der Waals surface area contributed by atoms with Crippen molar-refractivity contribution in [3.05, 3.63) is 59.1 Å². The van der Waals surface area contributed by atoms with Gasteiger partial charge in [-0.2, -0.15) is 16.5 Å². The second kappa shape index (κ2) is 10.2. The van der Waals surface area contributed by atoms with Crippen LogP contribution in [0.2, 0.25) is 5.02 Å². The molecule has 1 aliphatic rings. The van der Waals surface area contributed by atoms with Crippen LogP contribution in [0.5, 0.6) is 0 Å². The third-order valence-electron chi connectivity index (χ3n) is 4.61. The maximum atomic E-state index is 13.0. The predicted molar refractivity (Wildman–Crippen MR) is 121 cm³/mol. The summed E-state index contributed by atoms with van der Waals surface area (Å²) in [6.07, 6.45) is 3.10. The minimum Gasteiger partial charge on any atom is -0.348 e. The molecule has 2 N–H and O–H groups in total. The highest BCUT2D eigenvalue weighted by molar-refractivity contribution is 7.99. The van der Waals surface area contributed by atoms with Crippen molar-refractivity contribution in [1.82, 2.24) is 10.0 Å². The van der Waals surface area contributed by atoms with Gasteiger partial charge in [0, 0.05) is 15.7 Å². The molecule has 0 fully saturated rings. The lowest BCUT2D eigenvalue weighted by Gasteiger charge is -2.28. The fraction of sp³-hybridized carbons (Fsp3) is 0.350.